The molecule has 0 aromatic rings. The van der Waals surface area contributed by atoms with E-state index in [9.17, 15) is 4.79 Å². The van der Waals surface area contributed by atoms with E-state index in [-0.39, 0.29) is 5.97 Å². The molecule has 0 aliphatic carbocycles. The molecule has 0 radical (unpaired) electrons. The van der Waals surface area contributed by atoms with Gasteiger partial charge in [0.05, 0.1) is 6.61 Å². The average Bonchev–Trinajstić information content (AvgIpc) is 2.34. The largest absolute Gasteiger partial charge is 0.464 e. The highest BCUT2D eigenvalue weighted by Gasteiger charge is 2.19. The molecule has 1 rings (SSSR count). The van der Waals surface area contributed by atoms with Crippen LogP contribution in [0.15, 0.2) is 0 Å². The molecular weight excluding hydrogens is 206 g/mol. The number of esters is 1. The molecular formula is C12H23NO3. The molecule has 1 aliphatic heterocycles. The van der Waals surface area contributed by atoms with Crippen LogP contribution in [0, 0.1) is 5.92 Å². The molecule has 0 saturated carbocycles. The van der Waals surface area contributed by atoms with Crippen molar-refractivity contribution in [2.24, 2.45) is 11.7 Å². The quantitative estimate of drug-likeness (QED) is 0.701. The van der Waals surface area contributed by atoms with E-state index in [4.69, 9.17) is 15.2 Å². The molecule has 1 saturated heterocycles. The summed E-state index contributed by atoms with van der Waals surface area (Å²) in [4.78, 5) is 11.5. The van der Waals surface area contributed by atoms with Crippen molar-refractivity contribution in [1.82, 2.24) is 0 Å². The SMILES string of the molecule is CCCC[C@H](N)C(=O)OCC1CCOCC1. The molecule has 94 valence electrons. The monoisotopic (exact) mass is 229 g/mol. The van der Waals surface area contributed by atoms with Crippen molar-refractivity contribution in [2.45, 2.75) is 45.1 Å². The summed E-state index contributed by atoms with van der Waals surface area (Å²) in [6.45, 7) is 4.15. The summed E-state index contributed by atoms with van der Waals surface area (Å²) in [7, 11) is 0. The molecule has 0 bridgehead atoms. The lowest BCUT2D eigenvalue weighted by Gasteiger charge is -2.22. The Balaban J connectivity index is 2.12. The fourth-order valence-corrected chi connectivity index (χ4v) is 1.76. The Morgan fingerprint density at radius 3 is 2.81 bits per heavy atom. The topological polar surface area (TPSA) is 61.6 Å². The van der Waals surface area contributed by atoms with E-state index < -0.39 is 6.04 Å². The van der Waals surface area contributed by atoms with Gasteiger partial charge in [-0.2, -0.15) is 0 Å². The maximum absolute atomic E-state index is 11.5. The van der Waals surface area contributed by atoms with Crippen LogP contribution in [0.25, 0.3) is 0 Å². The van der Waals surface area contributed by atoms with E-state index in [0.29, 0.717) is 12.5 Å². The van der Waals surface area contributed by atoms with E-state index >= 15 is 0 Å². The van der Waals surface area contributed by atoms with Gasteiger partial charge in [0, 0.05) is 13.2 Å². The standard InChI is InChI=1S/C12H23NO3/c1-2-3-4-11(13)12(14)16-9-10-5-7-15-8-6-10/h10-11H,2-9,13H2,1H3/t11-/m0/s1. The molecule has 0 spiro atoms. The summed E-state index contributed by atoms with van der Waals surface area (Å²) in [5, 5.41) is 0. The number of carbonyl (C=O) groups is 1. The summed E-state index contributed by atoms with van der Waals surface area (Å²) >= 11 is 0. The normalized spacial score (nSPS) is 19.4. The van der Waals surface area contributed by atoms with Gasteiger partial charge < -0.3 is 15.2 Å². The Morgan fingerprint density at radius 1 is 1.50 bits per heavy atom. The molecule has 16 heavy (non-hydrogen) atoms. The second-order valence-corrected chi connectivity index (χ2v) is 4.43. The maximum Gasteiger partial charge on any atom is 0.322 e. The van der Waals surface area contributed by atoms with Crippen LogP contribution in [0.4, 0.5) is 0 Å². The minimum Gasteiger partial charge on any atom is -0.464 e. The van der Waals surface area contributed by atoms with Crippen LogP contribution in [-0.4, -0.2) is 31.8 Å². The lowest BCUT2D eigenvalue weighted by Crippen LogP contribution is -2.34. The minimum absolute atomic E-state index is 0.250. The van der Waals surface area contributed by atoms with E-state index in [2.05, 4.69) is 6.92 Å². The molecule has 0 amide bonds. The first kappa shape index (κ1) is 13.5. The Hall–Kier alpha value is -0.610. The van der Waals surface area contributed by atoms with Gasteiger partial charge in [-0.05, 0) is 25.2 Å². The molecule has 0 aromatic heterocycles. The van der Waals surface area contributed by atoms with Gasteiger partial charge in [-0.25, -0.2) is 0 Å². The van der Waals surface area contributed by atoms with Crippen LogP contribution >= 0.6 is 0 Å². The van der Waals surface area contributed by atoms with Crippen LogP contribution < -0.4 is 5.73 Å². The molecule has 1 aliphatic rings. The second kappa shape index (κ2) is 7.63. The zero-order valence-corrected chi connectivity index (χ0v) is 10.1. The van der Waals surface area contributed by atoms with Crippen molar-refractivity contribution < 1.29 is 14.3 Å². The Kier molecular flexibility index (Phi) is 6.42. The summed E-state index contributed by atoms with van der Waals surface area (Å²) < 4.78 is 10.5. The second-order valence-electron chi connectivity index (χ2n) is 4.43. The van der Waals surface area contributed by atoms with Gasteiger partial charge >= 0.3 is 5.97 Å². The zero-order chi connectivity index (χ0) is 11.8. The summed E-state index contributed by atoms with van der Waals surface area (Å²) in [6.07, 6.45) is 4.73. The molecule has 1 fully saturated rings. The van der Waals surface area contributed by atoms with Crippen molar-refractivity contribution in [3.05, 3.63) is 0 Å². The number of carbonyl (C=O) groups excluding carboxylic acids is 1. The first-order chi connectivity index (χ1) is 7.74. The van der Waals surface area contributed by atoms with Crippen molar-refractivity contribution in [3.63, 3.8) is 0 Å². The highest BCUT2D eigenvalue weighted by atomic mass is 16.5. The van der Waals surface area contributed by atoms with Crippen LogP contribution in [0.3, 0.4) is 0 Å². The summed E-state index contributed by atoms with van der Waals surface area (Å²) in [5.74, 6) is 0.205. The van der Waals surface area contributed by atoms with Gasteiger partial charge in [-0.1, -0.05) is 19.8 Å². The van der Waals surface area contributed by atoms with Gasteiger partial charge in [-0.15, -0.1) is 0 Å². The fourth-order valence-electron chi connectivity index (χ4n) is 1.76. The third-order valence-corrected chi connectivity index (χ3v) is 2.97. The van der Waals surface area contributed by atoms with Gasteiger partial charge in [-0.3, -0.25) is 4.79 Å². The third-order valence-electron chi connectivity index (χ3n) is 2.97. The van der Waals surface area contributed by atoms with Gasteiger partial charge in [0.2, 0.25) is 0 Å². The number of unbranched alkanes of at least 4 members (excludes halogenated alkanes) is 1. The van der Waals surface area contributed by atoms with Crippen LogP contribution in [-0.2, 0) is 14.3 Å². The van der Waals surface area contributed by atoms with E-state index in [1.165, 1.54) is 0 Å². The van der Waals surface area contributed by atoms with Crippen LogP contribution in [0.2, 0.25) is 0 Å². The van der Waals surface area contributed by atoms with Crippen molar-refractivity contribution in [2.75, 3.05) is 19.8 Å². The number of hydrogen-bond acceptors (Lipinski definition) is 4. The van der Waals surface area contributed by atoms with Crippen molar-refractivity contribution in [3.8, 4) is 0 Å². The number of hydrogen-bond donors (Lipinski definition) is 1. The first-order valence-corrected chi connectivity index (χ1v) is 6.24. The molecule has 1 atom stereocenters. The fraction of sp³-hybridized carbons (Fsp3) is 0.917. The van der Waals surface area contributed by atoms with E-state index in [0.717, 1.165) is 45.3 Å². The number of rotatable bonds is 6. The Morgan fingerprint density at radius 2 is 2.19 bits per heavy atom. The first-order valence-electron chi connectivity index (χ1n) is 6.24. The molecule has 4 nitrogen and oxygen atoms in total. The number of ether oxygens (including phenoxy) is 2. The van der Waals surface area contributed by atoms with Crippen LogP contribution in [0.5, 0.6) is 0 Å². The molecule has 1 heterocycles. The number of nitrogens with two attached hydrogens (primary N) is 1. The highest BCUT2D eigenvalue weighted by Crippen LogP contribution is 2.15. The summed E-state index contributed by atoms with van der Waals surface area (Å²) in [6, 6.07) is -0.445. The predicted molar refractivity (Wildman–Crippen MR) is 62.0 cm³/mol. The van der Waals surface area contributed by atoms with Gasteiger partial charge in [0.1, 0.15) is 6.04 Å². The third kappa shape index (κ3) is 4.94. The summed E-state index contributed by atoms with van der Waals surface area (Å²) in [5.41, 5.74) is 5.72. The van der Waals surface area contributed by atoms with Gasteiger partial charge in [0.25, 0.3) is 0 Å². The highest BCUT2D eigenvalue weighted by molar-refractivity contribution is 5.75. The average molecular weight is 229 g/mol. The Labute approximate surface area is 97.5 Å². The minimum atomic E-state index is -0.445. The zero-order valence-electron chi connectivity index (χ0n) is 10.1. The molecule has 2 N–H and O–H groups in total. The van der Waals surface area contributed by atoms with Crippen molar-refractivity contribution >= 4 is 5.97 Å². The smallest absolute Gasteiger partial charge is 0.322 e. The molecule has 0 unspecified atom stereocenters. The van der Waals surface area contributed by atoms with Crippen LogP contribution in [0.1, 0.15) is 39.0 Å². The van der Waals surface area contributed by atoms with Gasteiger partial charge in [0.15, 0.2) is 0 Å². The molecule has 0 aromatic carbocycles. The van der Waals surface area contributed by atoms with E-state index in [1.807, 2.05) is 0 Å². The van der Waals surface area contributed by atoms with E-state index in [1.54, 1.807) is 0 Å². The lowest BCUT2D eigenvalue weighted by molar-refractivity contribution is -0.147. The molecule has 4 heteroatoms. The van der Waals surface area contributed by atoms with Crippen molar-refractivity contribution in [1.29, 1.82) is 0 Å². The Bertz CT molecular complexity index is 202. The maximum atomic E-state index is 11.5. The lowest BCUT2D eigenvalue weighted by atomic mass is 10.0. The predicted octanol–water partition coefficient (Wildman–Crippen LogP) is 1.47.